The molecule has 6 nitrogen and oxygen atoms in total. The SMILES string of the molecule is CCOCCn1c2ccc(C(=O)c3c(F)c(F)c(F)c(F)c3F)cc2c2cc(/C(C)=N/OC(C)=O)ccc21. The normalized spacial score (nSPS) is 11.9. The van der Waals surface area contributed by atoms with E-state index in [-0.39, 0.29) is 5.56 Å². The number of rotatable bonds is 8. The van der Waals surface area contributed by atoms with E-state index in [1.54, 1.807) is 25.1 Å². The molecule has 1 aromatic heterocycles. The number of carbonyl (C=O) groups is 2. The molecule has 11 heteroatoms. The van der Waals surface area contributed by atoms with Crippen molar-refractivity contribution in [2.75, 3.05) is 13.2 Å². The Kier molecular flexibility index (Phi) is 7.58. The number of hydrogen-bond donors (Lipinski definition) is 0. The molecule has 0 N–H and O–H groups in total. The van der Waals surface area contributed by atoms with Crippen LogP contribution in [-0.4, -0.2) is 35.2 Å². The van der Waals surface area contributed by atoms with Crippen molar-refractivity contribution in [1.29, 1.82) is 0 Å². The standard InChI is InChI=1S/C27H21F5N2O4/c1-4-37-10-9-34-19-7-5-15(13(2)33-38-14(3)35)11-17(19)18-12-16(6-8-20(18)34)27(36)21-22(28)24(30)26(32)25(31)23(21)29/h5-8,11-12H,4,9-10H2,1-3H3/b33-13+. The minimum Gasteiger partial charge on any atom is -0.380 e. The lowest BCUT2D eigenvalue weighted by Crippen LogP contribution is -2.13. The first kappa shape index (κ1) is 26.9. The van der Waals surface area contributed by atoms with Gasteiger partial charge < -0.3 is 14.1 Å². The van der Waals surface area contributed by atoms with Gasteiger partial charge in [0.05, 0.1) is 12.3 Å². The van der Waals surface area contributed by atoms with Crippen LogP contribution < -0.4 is 0 Å². The Morgan fingerprint density at radius 1 is 0.816 bits per heavy atom. The van der Waals surface area contributed by atoms with Gasteiger partial charge in [-0.3, -0.25) is 4.79 Å². The second-order valence-electron chi connectivity index (χ2n) is 8.35. The largest absolute Gasteiger partial charge is 0.380 e. The van der Waals surface area contributed by atoms with E-state index in [9.17, 15) is 31.5 Å². The molecule has 0 bridgehead atoms. The highest BCUT2D eigenvalue weighted by atomic mass is 19.2. The quantitative estimate of drug-likeness (QED) is 0.0405. The Hall–Kier alpha value is -4.12. The van der Waals surface area contributed by atoms with Crippen LogP contribution in [0.1, 0.15) is 42.3 Å². The third-order valence-corrected chi connectivity index (χ3v) is 5.96. The predicted octanol–water partition coefficient (Wildman–Crippen LogP) is 6.04. The van der Waals surface area contributed by atoms with Gasteiger partial charge in [0.15, 0.2) is 29.1 Å². The van der Waals surface area contributed by atoms with Crippen LogP contribution in [0.2, 0.25) is 0 Å². The van der Waals surface area contributed by atoms with Crippen LogP contribution in [0, 0.1) is 29.1 Å². The fraction of sp³-hybridized carbons (Fsp3) is 0.222. The average molecular weight is 532 g/mol. The van der Waals surface area contributed by atoms with Crippen LogP contribution in [-0.2, 0) is 20.9 Å². The van der Waals surface area contributed by atoms with E-state index >= 15 is 0 Å². The molecule has 0 atom stereocenters. The van der Waals surface area contributed by atoms with Crippen LogP contribution in [0.5, 0.6) is 0 Å². The lowest BCUT2D eigenvalue weighted by molar-refractivity contribution is -0.140. The zero-order chi connectivity index (χ0) is 27.7. The van der Waals surface area contributed by atoms with Gasteiger partial charge in [-0.05, 0) is 49.7 Å². The maximum atomic E-state index is 14.3. The number of ether oxygens (including phenoxy) is 1. The number of aromatic nitrogens is 1. The fourth-order valence-corrected chi connectivity index (χ4v) is 4.15. The predicted molar refractivity (Wildman–Crippen MR) is 130 cm³/mol. The maximum Gasteiger partial charge on any atom is 0.331 e. The number of halogens is 5. The average Bonchev–Trinajstić information content (AvgIpc) is 3.21. The lowest BCUT2D eigenvalue weighted by Gasteiger charge is -2.09. The number of fused-ring (bicyclic) bond motifs is 3. The third kappa shape index (κ3) is 4.76. The smallest absolute Gasteiger partial charge is 0.331 e. The van der Waals surface area contributed by atoms with Gasteiger partial charge >= 0.3 is 5.97 Å². The first-order valence-corrected chi connectivity index (χ1v) is 11.5. The molecule has 0 aliphatic rings. The van der Waals surface area contributed by atoms with E-state index in [0.717, 1.165) is 5.52 Å². The van der Waals surface area contributed by atoms with Crippen molar-refractivity contribution in [1.82, 2.24) is 4.57 Å². The molecule has 198 valence electrons. The number of nitrogens with zero attached hydrogens (tertiary/aromatic N) is 2. The Balaban J connectivity index is 1.91. The summed E-state index contributed by atoms with van der Waals surface area (Å²) in [5, 5.41) is 4.87. The Labute approximate surface area is 213 Å². The second kappa shape index (κ2) is 10.7. The molecule has 0 aliphatic carbocycles. The molecule has 0 saturated heterocycles. The van der Waals surface area contributed by atoms with E-state index in [4.69, 9.17) is 9.57 Å². The highest BCUT2D eigenvalue weighted by Crippen LogP contribution is 2.33. The molecule has 4 aromatic rings. The van der Waals surface area contributed by atoms with Crippen molar-refractivity contribution in [3.8, 4) is 0 Å². The van der Waals surface area contributed by atoms with Crippen LogP contribution >= 0.6 is 0 Å². The third-order valence-electron chi connectivity index (χ3n) is 5.96. The highest BCUT2D eigenvalue weighted by Gasteiger charge is 2.30. The molecule has 0 amide bonds. The van der Waals surface area contributed by atoms with E-state index in [2.05, 4.69) is 5.16 Å². The van der Waals surface area contributed by atoms with E-state index < -0.39 is 46.4 Å². The summed E-state index contributed by atoms with van der Waals surface area (Å²) >= 11 is 0. The second-order valence-corrected chi connectivity index (χ2v) is 8.35. The number of ketones is 1. The van der Waals surface area contributed by atoms with Crippen molar-refractivity contribution in [3.63, 3.8) is 0 Å². The summed E-state index contributed by atoms with van der Waals surface area (Å²) in [6, 6.07) is 9.38. The van der Waals surface area contributed by atoms with Crippen LogP contribution in [0.25, 0.3) is 21.8 Å². The Morgan fingerprint density at radius 2 is 1.34 bits per heavy atom. The van der Waals surface area contributed by atoms with Gasteiger partial charge in [0, 0.05) is 47.4 Å². The van der Waals surface area contributed by atoms with Crippen LogP contribution in [0.15, 0.2) is 41.6 Å². The summed E-state index contributed by atoms with van der Waals surface area (Å²) in [6.07, 6.45) is 0. The summed E-state index contributed by atoms with van der Waals surface area (Å²) in [5.74, 6) is -13.1. The van der Waals surface area contributed by atoms with E-state index in [1.807, 2.05) is 11.5 Å². The van der Waals surface area contributed by atoms with Gasteiger partial charge in [0.25, 0.3) is 0 Å². The van der Waals surface area contributed by atoms with Crippen LogP contribution in [0.3, 0.4) is 0 Å². The van der Waals surface area contributed by atoms with Gasteiger partial charge in [-0.1, -0.05) is 11.2 Å². The van der Waals surface area contributed by atoms with Gasteiger partial charge in [-0.2, -0.15) is 0 Å². The van der Waals surface area contributed by atoms with Gasteiger partial charge in [-0.25, -0.2) is 26.7 Å². The first-order chi connectivity index (χ1) is 18.1. The summed E-state index contributed by atoms with van der Waals surface area (Å²) in [4.78, 5) is 28.8. The highest BCUT2D eigenvalue weighted by molar-refractivity contribution is 6.16. The van der Waals surface area contributed by atoms with Crippen LogP contribution in [0.4, 0.5) is 22.0 Å². The molecule has 1 heterocycles. The monoisotopic (exact) mass is 532 g/mol. The van der Waals surface area contributed by atoms with Crippen molar-refractivity contribution in [2.45, 2.75) is 27.3 Å². The number of hydrogen-bond acceptors (Lipinski definition) is 5. The van der Waals surface area contributed by atoms with Crippen molar-refractivity contribution in [3.05, 3.63) is 82.2 Å². The molecule has 0 fully saturated rings. The van der Waals surface area contributed by atoms with Crippen molar-refractivity contribution < 1.29 is 41.1 Å². The number of carbonyl (C=O) groups excluding carboxylic acids is 2. The molecule has 3 aromatic carbocycles. The van der Waals surface area contributed by atoms with Crippen molar-refractivity contribution >= 4 is 39.3 Å². The molecule has 38 heavy (non-hydrogen) atoms. The topological polar surface area (TPSA) is 69.9 Å². The number of benzene rings is 3. The summed E-state index contributed by atoms with van der Waals surface area (Å²) in [6.45, 7) is 5.97. The van der Waals surface area contributed by atoms with Gasteiger partial charge in [0.2, 0.25) is 5.82 Å². The molecule has 0 radical (unpaired) electrons. The summed E-state index contributed by atoms with van der Waals surface area (Å²) in [7, 11) is 0. The Morgan fingerprint density at radius 3 is 1.89 bits per heavy atom. The molecule has 0 aliphatic heterocycles. The zero-order valence-corrected chi connectivity index (χ0v) is 20.5. The maximum absolute atomic E-state index is 14.3. The zero-order valence-electron chi connectivity index (χ0n) is 20.5. The van der Waals surface area contributed by atoms with E-state index in [1.165, 1.54) is 25.1 Å². The van der Waals surface area contributed by atoms with Gasteiger partial charge in [-0.15, -0.1) is 0 Å². The molecule has 4 rings (SSSR count). The van der Waals surface area contributed by atoms with Crippen molar-refractivity contribution in [2.24, 2.45) is 5.16 Å². The molecule has 0 unspecified atom stereocenters. The fourth-order valence-electron chi connectivity index (χ4n) is 4.15. The van der Waals surface area contributed by atoms with Gasteiger partial charge in [0.1, 0.15) is 5.56 Å². The molecular weight excluding hydrogens is 511 g/mol. The molecule has 0 spiro atoms. The minimum atomic E-state index is -2.34. The number of oxime groups is 1. The lowest BCUT2D eigenvalue weighted by atomic mass is 9.99. The van der Waals surface area contributed by atoms with E-state index in [0.29, 0.717) is 47.3 Å². The summed E-state index contributed by atoms with van der Waals surface area (Å²) < 4.78 is 77.1. The summed E-state index contributed by atoms with van der Waals surface area (Å²) in [5.41, 5.74) is 0.515. The first-order valence-electron chi connectivity index (χ1n) is 11.5. The minimum absolute atomic E-state index is 0.278. The molecule has 0 saturated carbocycles. The molecular formula is C27H21F5N2O4. The Bertz CT molecular complexity index is 1600.